The minimum Gasteiger partial charge on any atom is -0.379 e. The van der Waals surface area contributed by atoms with Crippen molar-refractivity contribution in [3.8, 4) is 0 Å². The molecule has 314 valence electrons. The van der Waals surface area contributed by atoms with Gasteiger partial charge >= 0.3 is 0 Å². The number of carbonyl (C=O) groups is 3. The summed E-state index contributed by atoms with van der Waals surface area (Å²) in [6, 6.07) is 4.40. The van der Waals surface area contributed by atoms with Crippen LogP contribution in [0.1, 0.15) is 92.6 Å². The number of aliphatic hydroxyl groups excluding tert-OH is 1. The maximum atomic E-state index is 14.3. The number of nitrogens with one attached hydrogen (secondary N) is 2. The summed E-state index contributed by atoms with van der Waals surface area (Å²) in [6.07, 6.45) is 1.22. The quantitative estimate of drug-likeness (QED) is 0.134. The summed E-state index contributed by atoms with van der Waals surface area (Å²) < 4.78 is 40.5. The van der Waals surface area contributed by atoms with E-state index in [-0.39, 0.29) is 46.9 Å². The summed E-state index contributed by atoms with van der Waals surface area (Å²) in [5.41, 5.74) is 6.69. The summed E-state index contributed by atoms with van der Waals surface area (Å²) in [6.45, 7) is 14.0. The Morgan fingerprint density at radius 3 is 2.05 bits per heavy atom. The third kappa shape index (κ3) is 11.3. The van der Waals surface area contributed by atoms with Gasteiger partial charge in [-0.25, -0.2) is 13.1 Å². The Labute approximate surface area is 330 Å². The zero-order valence-corrected chi connectivity index (χ0v) is 36.1. The van der Waals surface area contributed by atoms with Crippen molar-refractivity contribution in [2.24, 2.45) is 29.4 Å². The fourth-order valence-corrected chi connectivity index (χ4v) is 9.34. The number of hydrogen-bond acceptors (Lipinski definition) is 11. The van der Waals surface area contributed by atoms with Gasteiger partial charge in [-0.05, 0) is 75.2 Å². The highest BCUT2D eigenvalue weighted by Crippen LogP contribution is 2.42. The predicted octanol–water partition coefficient (Wildman–Crippen LogP) is 2.88. The number of nitrogens with zero attached hydrogens (tertiary/aromatic N) is 3. The SMILES string of the molecule is CC[C@H](C)[C@@H]([C@@H](CC(=O)N1CCC[C@H]1[C@H](OC)[C@@H](C)C(=O)NS(=O)(=O)c1ccc(C2(N)CC2)cc1)OC)N(C)C(=O)[C@@H](NC(O)[C@H](C(C)C)N(C)C)C(C)C. The van der Waals surface area contributed by atoms with Crippen LogP contribution in [-0.4, -0.2) is 130 Å². The van der Waals surface area contributed by atoms with E-state index in [0.29, 0.717) is 19.4 Å². The van der Waals surface area contributed by atoms with Crippen LogP contribution < -0.4 is 15.8 Å². The summed E-state index contributed by atoms with van der Waals surface area (Å²) in [5, 5.41) is 14.4. The highest BCUT2D eigenvalue weighted by molar-refractivity contribution is 7.90. The van der Waals surface area contributed by atoms with Gasteiger partial charge in [-0.2, -0.15) is 0 Å². The van der Waals surface area contributed by atoms with Gasteiger partial charge in [-0.1, -0.05) is 67.0 Å². The van der Waals surface area contributed by atoms with Crippen molar-refractivity contribution in [3.63, 3.8) is 0 Å². The number of benzene rings is 1. The molecule has 15 heteroatoms. The second-order valence-electron chi connectivity index (χ2n) is 16.8. The third-order valence-electron chi connectivity index (χ3n) is 11.9. The van der Waals surface area contributed by atoms with Crippen molar-refractivity contribution in [3.05, 3.63) is 29.8 Å². The maximum Gasteiger partial charge on any atom is 0.264 e. The molecule has 3 rings (SSSR count). The number of ether oxygens (including phenoxy) is 2. The van der Waals surface area contributed by atoms with Gasteiger partial charge in [0.15, 0.2) is 0 Å². The molecule has 1 aliphatic carbocycles. The molecular formula is C40H70N6O8S. The second-order valence-corrected chi connectivity index (χ2v) is 18.5. The Balaban J connectivity index is 1.77. The summed E-state index contributed by atoms with van der Waals surface area (Å²) in [4.78, 5) is 47.2. The van der Waals surface area contributed by atoms with Gasteiger partial charge in [0.1, 0.15) is 6.23 Å². The first kappa shape index (κ1) is 46.7. The van der Waals surface area contributed by atoms with Gasteiger partial charge in [0.05, 0.1) is 53.6 Å². The molecule has 1 heterocycles. The van der Waals surface area contributed by atoms with Gasteiger partial charge in [0, 0.05) is 33.4 Å². The number of amides is 3. The zero-order valence-electron chi connectivity index (χ0n) is 35.2. The van der Waals surface area contributed by atoms with Gasteiger partial charge in [-0.3, -0.25) is 19.7 Å². The van der Waals surface area contributed by atoms with E-state index in [1.807, 2.05) is 60.5 Å². The molecule has 14 nitrogen and oxygen atoms in total. The molecule has 1 aromatic carbocycles. The molecule has 3 amide bonds. The van der Waals surface area contributed by atoms with Crippen LogP contribution in [-0.2, 0) is 39.4 Å². The molecule has 1 saturated heterocycles. The number of nitrogens with two attached hydrogens (primary N) is 1. The highest BCUT2D eigenvalue weighted by atomic mass is 32.2. The van der Waals surface area contributed by atoms with Crippen LogP contribution in [0.3, 0.4) is 0 Å². The van der Waals surface area contributed by atoms with E-state index in [4.69, 9.17) is 15.2 Å². The van der Waals surface area contributed by atoms with Crippen LogP contribution in [0.5, 0.6) is 0 Å². The number of methoxy groups -OCH3 is 2. The van der Waals surface area contributed by atoms with Crippen molar-refractivity contribution in [1.29, 1.82) is 0 Å². The summed E-state index contributed by atoms with van der Waals surface area (Å²) in [5.74, 6) is -2.11. The smallest absolute Gasteiger partial charge is 0.264 e. The molecule has 5 N–H and O–H groups in total. The molecule has 2 aliphatic rings. The lowest BCUT2D eigenvalue weighted by Crippen LogP contribution is -2.61. The number of likely N-dealkylation sites (tertiary alicyclic amines) is 1. The van der Waals surface area contributed by atoms with Crippen LogP contribution in [0.25, 0.3) is 0 Å². The molecule has 2 fully saturated rings. The third-order valence-corrected chi connectivity index (χ3v) is 13.3. The molecule has 1 aromatic rings. The van der Waals surface area contributed by atoms with Crippen LogP contribution in [0.15, 0.2) is 29.2 Å². The highest BCUT2D eigenvalue weighted by Gasteiger charge is 2.44. The molecule has 0 spiro atoms. The van der Waals surface area contributed by atoms with E-state index in [0.717, 1.165) is 24.8 Å². The van der Waals surface area contributed by atoms with E-state index in [1.54, 1.807) is 35.9 Å². The summed E-state index contributed by atoms with van der Waals surface area (Å²) >= 11 is 0. The van der Waals surface area contributed by atoms with Crippen molar-refractivity contribution < 1.29 is 37.4 Å². The van der Waals surface area contributed by atoms with Crippen LogP contribution >= 0.6 is 0 Å². The van der Waals surface area contributed by atoms with Crippen molar-refractivity contribution in [2.45, 2.75) is 140 Å². The van der Waals surface area contributed by atoms with Crippen molar-refractivity contribution in [2.75, 3.05) is 41.9 Å². The Hall–Kier alpha value is -2.66. The Bertz CT molecular complexity index is 1530. The van der Waals surface area contributed by atoms with Crippen LogP contribution in [0.4, 0.5) is 0 Å². The van der Waals surface area contributed by atoms with Gasteiger partial charge < -0.3 is 35.0 Å². The lowest BCUT2D eigenvalue weighted by Gasteiger charge is -2.42. The normalized spacial score (nSPS) is 21.5. The lowest BCUT2D eigenvalue weighted by molar-refractivity contribution is -0.147. The number of hydrogen-bond donors (Lipinski definition) is 4. The van der Waals surface area contributed by atoms with Crippen molar-refractivity contribution in [1.82, 2.24) is 24.7 Å². The van der Waals surface area contributed by atoms with Crippen LogP contribution in [0.2, 0.25) is 0 Å². The van der Waals surface area contributed by atoms with Crippen molar-refractivity contribution >= 4 is 27.7 Å². The molecule has 9 atom stereocenters. The van der Waals surface area contributed by atoms with Gasteiger partial charge in [-0.15, -0.1) is 0 Å². The molecule has 55 heavy (non-hydrogen) atoms. The number of aliphatic hydroxyl groups is 1. The number of likely N-dealkylation sites (N-methyl/N-ethyl adjacent to an activating group) is 2. The van der Waals surface area contributed by atoms with Gasteiger partial charge in [0.2, 0.25) is 17.7 Å². The topological polar surface area (TPSA) is 184 Å². The van der Waals surface area contributed by atoms with E-state index < -0.39 is 63.9 Å². The fraction of sp³-hybridized carbons (Fsp3) is 0.775. The van der Waals surface area contributed by atoms with Gasteiger partial charge in [0.25, 0.3) is 10.0 Å². The average Bonchev–Trinajstić information content (AvgIpc) is 3.69. The first-order chi connectivity index (χ1) is 25.6. The Morgan fingerprint density at radius 2 is 1.58 bits per heavy atom. The molecular weight excluding hydrogens is 725 g/mol. The number of sulfonamides is 1. The molecule has 0 bridgehead atoms. The van der Waals surface area contributed by atoms with Crippen LogP contribution in [0, 0.1) is 23.7 Å². The molecule has 1 saturated carbocycles. The largest absolute Gasteiger partial charge is 0.379 e. The van der Waals surface area contributed by atoms with E-state index >= 15 is 0 Å². The zero-order chi connectivity index (χ0) is 41.6. The first-order valence-corrected chi connectivity index (χ1v) is 21.3. The molecule has 1 aliphatic heterocycles. The van der Waals surface area contributed by atoms with E-state index in [2.05, 4.69) is 10.0 Å². The number of rotatable bonds is 21. The Morgan fingerprint density at radius 1 is 0.982 bits per heavy atom. The number of carbonyl (C=O) groups excluding carboxylic acids is 3. The fourth-order valence-electron chi connectivity index (χ4n) is 8.27. The average molecular weight is 795 g/mol. The molecule has 0 radical (unpaired) electrons. The van der Waals surface area contributed by atoms with E-state index in [1.165, 1.54) is 26.4 Å². The standard InChI is InChI=1S/C40H70N6O8S/c1-13-26(6)35(45(10)39(50)33(24(2)3)42-38(49)34(25(4)5)44(8)9)31(53-11)23-32(47)46-22-14-15-30(46)36(54-12)27(7)37(48)43-55(51,52)29-18-16-28(17-19-29)40(41)20-21-40/h16-19,24-27,30-31,33-36,38,42,49H,13-15,20-23,41H2,1-12H3,(H,43,48)/t26-,27+,30-,31+,33-,34-,35-,36+,38?/m0/s1. The van der Waals surface area contributed by atoms with E-state index in [9.17, 15) is 27.9 Å². The minimum absolute atomic E-state index is 0.0243. The molecule has 1 unspecified atom stereocenters. The maximum absolute atomic E-state index is 14.3. The Kier molecular flexibility index (Phi) is 16.7. The monoisotopic (exact) mass is 794 g/mol. The predicted molar refractivity (Wildman–Crippen MR) is 213 cm³/mol. The lowest BCUT2D eigenvalue weighted by atomic mass is 9.89. The molecule has 0 aromatic heterocycles. The summed E-state index contributed by atoms with van der Waals surface area (Å²) in [7, 11) is 4.36. The first-order valence-electron chi connectivity index (χ1n) is 19.8. The second kappa shape index (κ2) is 19.7. The minimum atomic E-state index is -4.17.